The highest BCUT2D eigenvalue weighted by atomic mass is 32.2. The second-order valence-corrected chi connectivity index (χ2v) is 5.64. The molecule has 94 valence electrons. The lowest BCUT2D eigenvalue weighted by Gasteiger charge is -2.14. The average molecular weight is 270 g/mol. The van der Waals surface area contributed by atoms with Crippen molar-refractivity contribution < 1.29 is 4.39 Å². The van der Waals surface area contributed by atoms with Crippen molar-refractivity contribution in [3.8, 4) is 0 Å². The largest absolute Gasteiger partial charge is 0.310 e. The molecule has 0 fully saturated rings. The fourth-order valence-electron chi connectivity index (χ4n) is 2.59. The summed E-state index contributed by atoms with van der Waals surface area (Å²) in [6.07, 6.45) is 0. The average Bonchev–Trinajstić information content (AvgIpc) is 2.98. The maximum absolute atomic E-state index is 14.0. The predicted octanol–water partition coefficient (Wildman–Crippen LogP) is 3.97. The fourth-order valence-corrected chi connectivity index (χ4v) is 3.86. The Morgan fingerprint density at radius 2 is 1.89 bits per heavy atom. The van der Waals surface area contributed by atoms with Crippen LogP contribution in [0.25, 0.3) is 11.0 Å². The molecule has 0 radical (unpaired) electrons. The van der Waals surface area contributed by atoms with Gasteiger partial charge in [-0.1, -0.05) is 30.3 Å². The number of thioether (sulfide) groups is 1. The van der Waals surface area contributed by atoms with Gasteiger partial charge in [0.15, 0.2) is 0 Å². The van der Waals surface area contributed by atoms with Crippen LogP contribution in [0.15, 0.2) is 48.5 Å². The highest BCUT2D eigenvalue weighted by molar-refractivity contribution is 7.99. The Bertz CT molecular complexity index is 766. The minimum absolute atomic E-state index is 0.0106. The van der Waals surface area contributed by atoms with Crippen molar-refractivity contribution in [2.45, 2.75) is 11.1 Å². The van der Waals surface area contributed by atoms with E-state index in [9.17, 15) is 4.39 Å². The number of aromatic nitrogens is 2. The number of para-hydroxylation sites is 2. The molecule has 0 aliphatic carbocycles. The zero-order valence-electron chi connectivity index (χ0n) is 10.1. The van der Waals surface area contributed by atoms with E-state index in [0.29, 0.717) is 0 Å². The van der Waals surface area contributed by atoms with Crippen LogP contribution in [0, 0.1) is 5.82 Å². The molecule has 0 saturated carbocycles. The van der Waals surface area contributed by atoms with E-state index in [-0.39, 0.29) is 11.2 Å². The van der Waals surface area contributed by atoms with Crippen molar-refractivity contribution >= 4 is 22.8 Å². The molecule has 19 heavy (non-hydrogen) atoms. The molecule has 0 bridgehead atoms. The molecular formula is C15H11FN2S. The molecule has 2 aromatic carbocycles. The second-order valence-electron chi connectivity index (χ2n) is 4.57. The smallest absolute Gasteiger partial charge is 0.129 e. The van der Waals surface area contributed by atoms with Crippen LogP contribution in [0.2, 0.25) is 0 Å². The Hall–Kier alpha value is -1.81. The molecule has 1 unspecified atom stereocenters. The van der Waals surface area contributed by atoms with Crippen molar-refractivity contribution in [3.63, 3.8) is 0 Å². The minimum Gasteiger partial charge on any atom is -0.310 e. The Morgan fingerprint density at radius 3 is 2.79 bits per heavy atom. The zero-order chi connectivity index (χ0) is 12.8. The summed E-state index contributed by atoms with van der Waals surface area (Å²) in [5, 5.41) is -0.0106. The third-order valence-corrected chi connectivity index (χ3v) is 4.65. The number of benzene rings is 2. The van der Waals surface area contributed by atoms with Gasteiger partial charge in [0.25, 0.3) is 0 Å². The summed E-state index contributed by atoms with van der Waals surface area (Å²) in [5.74, 6) is 1.71. The zero-order valence-corrected chi connectivity index (χ0v) is 10.9. The quantitative estimate of drug-likeness (QED) is 0.666. The van der Waals surface area contributed by atoms with Crippen LogP contribution in [-0.4, -0.2) is 9.55 Å². The lowest BCUT2D eigenvalue weighted by Crippen LogP contribution is -2.05. The summed E-state index contributed by atoms with van der Waals surface area (Å²) in [7, 11) is 0. The molecule has 2 nitrogen and oxygen atoms in total. The van der Waals surface area contributed by atoms with Crippen LogP contribution in [0.5, 0.6) is 0 Å². The van der Waals surface area contributed by atoms with E-state index in [1.165, 1.54) is 6.07 Å². The number of nitrogens with zero attached hydrogens (tertiary/aromatic N) is 2. The van der Waals surface area contributed by atoms with Crippen molar-refractivity contribution in [2.75, 3.05) is 0 Å². The molecule has 1 atom stereocenters. The lowest BCUT2D eigenvalue weighted by atomic mass is 10.2. The van der Waals surface area contributed by atoms with Gasteiger partial charge in [-0.15, -0.1) is 11.8 Å². The van der Waals surface area contributed by atoms with Crippen LogP contribution < -0.4 is 0 Å². The highest BCUT2D eigenvalue weighted by Crippen LogP contribution is 2.43. The topological polar surface area (TPSA) is 17.8 Å². The number of hydrogen-bond donors (Lipinski definition) is 0. The number of fused-ring (bicyclic) bond motifs is 3. The van der Waals surface area contributed by atoms with Crippen molar-refractivity contribution in [3.05, 3.63) is 65.7 Å². The van der Waals surface area contributed by atoms with Crippen molar-refractivity contribution in [1.29, 1.82) is 0 Å². The SMILES string of the molecule is Fc1ccccc1C1SCc2nc3ccccc3n21. The second kappa shape index (κ2) is 4.10. The number of imidazole rings is 1. The van der Waals surface area contributed by atoms with E-state index in [1.54, 1.807) is 17.8 Å². The molecule has 3 aromatic rings. The molecule has 4 rings (SSSR count). The van der Waals surface area contributed by atoms with Crippen molar-refractivity contribution in [2.24, 2.45) is 0 Å². The third kappa shape index (κ3) is 1.60. The summed E-state index contributed by atoms with van der Waals surface area (Å²) < 4.78 is 16.1. The number of hydrogen-bond acceptors (Lipinski definition) is 2. The maximum atomic E-state index is 14.0. The van der Waals surface area contributed by atoms with Crippen molar-refractivity contribution in [1.82, 2.24) is 9.55 Å². The van der Waals surface area contributed by atoms with Crippen LogP contribution in [-0.2, 0) is 5.75 Å². The first kappa shape index (κ1) is 11.1. The van der Waals surface area contributed by atoms with E-state index in [0.717, 1.165) is 28.2 Å². The van der Waals surface area contributed by atoms with Gasteiger partial charge in [0.2, 0.25) is 0 Å². The molecule has 0 amide bonds. The molecule has 0 spiro atoms. The first-order chi connectivity index (χ1) is 9.34. The molecule has 2 heterocycles. The number of rotatable bonds is 1. The molecular weight excluding hydrogens is 259 g/mol. The van der Waals surface area contributed by atoms with Gasteiger partial charge in [0.05, 0.1) is 16.8 Å². The summed E-state index contributed by atoms with van der Waals surface area (Å²) in [4.78, 5) is 4.62. The molecule has 1 aliphatic heterocycles. The first-order valence-corrected chi connectivity index (χ1v) is 7.21. The van der Waals surface area contributed by atoms with E-state index in [2.05, 4.69) is 9.55 Å². The fraction of sp³-hybridized carbons (Fsp3) is 0.133. The molecule has 1 aromatic heterocycles. The van der Waals surface area contributed by atoms with Gasteiger partial charge in [-0.05, 0) is 18.2 Å². The van der Waals surface area contributed by atoms with E-state index >= 15 is 0 Å². The monoisotopic (exact) mass is 270 g/mol. The van der Waals surface area contributed by atoms with E-state index < -0.39 is 0 Å². The Morgan fingerprint density at radius 1 is 1.11 bits per heavy atom. The maximum Gasteiger partial charge on any atom is 0.129 e. The van der Waals surface area contributed by atoms with E-state index in [1.807, 2.05) is 36.4 Å². The highest BCUT2D eigenvalue weighted by Gasteiger charge is 2.29. The molecule has 1 aliphatic rings. The first-order valence-electron chi connectivity index (χ1n) is 6.16. The normalized spacial score (nSPS) is 17.8. The predicted molar refractivity (Wildman–Crippen MR) is 75.6 cm³/mol. The van der Waals surface area contributed by atoms with E-state index in [4.69, 9.17) is 0 Å². The number of halogens is 1. The van der Waals surface area contributed by atoms with Gasteiger partial charge in [0.1, 0.15) is 17.0 Å². The molecule has 4 heteroatoms. The van der Waals surface area contributed by atoms with Gasteiger partial charge < -0.3 is 4.57 Å². The van der Waals surface area contributed by atoms with Gasteiger partial charge >= 0.3 is 0 Å². The Labute approximate surface area is 114 Å². The summed E-state index contributed by atoms with van der Waals surface area (Å²) in [5.41, 5.74) is 2.80. The third-order valence-electron chi connectivity index (χ3n) is 3.44. The molecule has 0 saturated heterocycles. The van der Waals surface area contributed by atoms with Crippen LogP contribution in [0.1, 0.15) is 16.8 Å². The van der Waals surface area contributed by atoms with Gasteiger partial charge in [-0.25, -0.2) is 9.37 Å². The Kier molecular flexibility index (Phi) is 2.38. The molecule has 0 N–H and O–H groups in total. The van der Waals surface area contributed by atoms with Crippen LogP contribution >= 0.6 is 11.8 Å². The summed E-state index contributed by atoms with van der Waals surface area (Å²) in [6, 6.07) is 15.0. The van der Waals surface area contributed by atoms with Crippen LogP contribution in [0.4, 0.5) is 4.39 Å². The van der Waals surface area contributed by atoms with Gasteiger partial charge in [-0.2, -0.15) is 0 Å². The minimum atomic E-state index is -0.148. The summed E-state index contributed by atoms with van der Waals surface area (Å²) >= 11 is 1.72. The van der Waals surface area contributed by atoms with Gasteiger partial charge in [-0.3, -0.25) is 0 Å². The summed E-state index contributed by atoms with van der Waals surface area (Å²) in [6.45, 7) is 0. The van der Waals surface area contributed by atoms with Crippen LogP contribution in [0.3, 0.4) is 0 Å². The Balaban J connectivity index is 1.94. The van der Waals surface area contributed by atoms with Gasteiger partial charge in [0, 0.05) is 5.56 Å². The lowest BCUT2D eigenvalue weighted by molar-refractivity contribution is 0.599. The standard InChI is InChI=1S/C15H11FN2S/c16-11-6-2-1-5-10(11)15-18-13-8-4-3-7-12(13)17-14(18)9-19-15/h1-8,15H,9H2.